The first kappa shape index (κ1) is 86.2. The molecular formula is C75H139NO18. The third-order valence-corrected chi connectivity index (χ3v) is 19.2. The molecule has 3 aliphatic rings. The Morgan fingerprint density at radius 2 is 0.702 bits per heavy atom. The number of unbranched alkanes of at least 4 members (excludes halogenated alkanes) is 40. The molecule has 12 N–H and O–H groups in total. The van der Waals surface area contributed by atoms with E-state index in [-0.39, 0.29) is 18.9 Å². The summed E-state index contributed by atoms with van der Waals surface area (Å²) in [5.74, 6) is -0.271. The molecule has 94 heavy (non-hydrogen) atoms. The number of hydrogen-bond donors (Lipinski definition) is 12. The number of amides is 1. The molecule has 0 saturated carbocycles. The van der Waals surface area contributed by atoms with Crippen molar-refractivity contribution in [1.82, 2.24) is 5.32 Å². The topological polar surface area (TPSA) is 307 Å². The fourth-order valence-corrected chi connectivity index (χ4v) is 13.0. The molecule has 0 aromatic rings. The molecule has 0 aliphatic carbocycles. The molecular weight excluding hydrogens is 1200 g/mol. The molecule has 0 spiro atoms. The molecule has 3 rings (SSSR count). The molecule has 19 heteroatoms. The van der Waals surface area contributed by atoms with Gasteiger partial charge in [0.2, 0.25) is 5.91 Å². The number of aliphatic hydroxyl groups excluding tert-OH is 11. The van der Waals surface area contributed by atoms with Gasteiger partial charge in [0.15, 0.2) is 18.9 Å². The van der Waals surface area contributed by atoms with Gasteiger partial charge in [-0.25, -0.2) is 0 Å². The highest BCUT2D eigenvalue weighted by Gasteiger charge is 2.53. The summed E-state index contributed by atoms with van der Waals surface area (Å²) in [6, 6.07) is -0.972. The predicted molar refractivity (Wildman–Crippen MR) is 369 cm³/mol. The van der Waals surface area contributed by atoms with Crippen molar-refractivity contribution in [3.63, 3.8) is 0 Å². The summed E-state index contributed by atoms with van der Waals surface area (Å²) in [7, 11) is 0. The van der Waals surface area contributed by atoms with Crippen LogP contribution in [-0.4, -0.2) is 193 Å². The van der Waals surface area contributed by atoms with Gasteiger partial charge in [-0.2, -0.15) is 0 Å². The number of allylic oxidation sites excluding steroid dienone is 5. The predicted octanol–water partition coefficient (Wildman–Crippen LogP) is 11.6. The van der Waals surface area contributed by atoms with Crippen LogP contribution in [0.5, 0.6) is 0 Å². The van der Waals surface area contributed by atoms with E-state index in [0.29, 0.717) is 6.42 Å². The summed E-state index contributed by atoms with van der Waals surface area (Å²) in [5.41, 5.74) is 0. The summed E-state index contributed by atoms with van der Waals surface area (Å²) < 4.78 is 34.4. The van der Waals surface area contributed by atoms with E-state index < -0.39 is 124 Å². The van der Waals surface area contributed by atoms with Crippen LogP contribution in [0.1, 0.15) is 303 Å². The summed E-state index contributed by atoms with van der Waals surface area (Å²) in [6.45, 7) is 1.76. The Balaban J connectivity index is 1.37. The first-order valence-corrected chi connectivity index (χ1v) is 38.2. The zero-order valence-corrected chi connectivity index (χ0v) is 58.7. The Morgan fingerprint density at radius 3 is 1.09 bits per heavy atom. The molecule has 1 amide bonds. The zero-order chi connectivity index (χ0) is 68.2. The van der Waals surface area contributed by atoms with Gasteiger partial charge in [0.1, 0.15) is 73.2 Å². The number of carbonyl (C=O) groups is 1. The van der Waals surface area contributed by atoms with Crippen LogP contribution in [0.25, 0.3) is 0 Å². The van der Waals surface area contributed by atoms with Crippen LogP contribution in [0.3, 0.4) is 0 Å². The molecule has 552 valence electrons. The number of rotatable bonds is 60. The largest absolute Gasteiger partial charge is 0.394 e. The molecule has 3 saturated heterocycles. The van der Waals surface area contributed by atoms with E-state index in [1.807, 2.05) is 6.08 Å². The first-order chi connectivity index (χ1) is 45.8. The van der Waals surface area contributed by atoms with Gasteiger partial charge in [-0.1, -0.05) is 281 Å². The highest BCUT2D eigenvalue weighted by molar-refractivity contribution is 5.76. The highest BCUT2D eigenvalue weighted by atomic mass is 16.8. The quantitative estimate of drug-likeness (QED) is 0.0199. The number of carbonyl (C=O) groups excluding carboxylic acids is 1. The minimum Gasteiger partial charge on any atom is -0.394 e. The van der Waals surface area contributed by atoms with Crippen LogP contribution in [0.2, 0.25) is 0 Å². The number of hydrogen-bond acceptors (Lipinski definition) is 18. The Kier molecular flexibility index (Phi) is 52.0. The van der Waals surface area contributed by atoms with Crippen molar-refractivity contribution in [3.8, 4) is 0 Å². The minimum atomic E-state index is -1.98. The molecule has 3 aliphatic heterocycles. The summed E-state index contributed by atoms with van der Waals surface area (Å²) >= 11 is 0. The maximum atomic E-state index is 13.4. The number of aliphatic hydroxyl groups is 11. The van der Waals surface area contributed by atoms with Crippen molar-refractivity contribution in [2.75, 3.05) is 26.4 Å². The van der Waals surface area contributed by atoms with Crippen molar-refractivity contribution in [2.24, 2.45) is 0 Å². The lowest BCUT2D eigenvalue weighted by Crippen LogP contribution is -2.66. The average molecular weight is 1340 g/mol. The molecule has 3 fully saturated rings. The Morgan fingerprint density at radius 1 is 0.383 bits per heavy atom. The van der Waals surface area contributed by atoms with Gasteiger partial charge in [-0.3, -0.25) is 4.79 Å². The van der Waals surface area contributed by atoms with Crippen molar-refractivity contribution in [2.45, 2.75) is 407 Å². The molecule has 0 bridgehead atoms. The Hall–Kier alpha value is -1.99. The lowest BCUT2D eigenvalue weighted by atomic mass is 9.96. The van der Waals surface area contributed by atoms with Gasteiger partial charge in [0.25, 0.3) is 0 Å². The fraction of sp³-hybridized carbons (Fsp3) is 0.907. The summed E-state index contributed by atoms with van der Waals surface area (Å²) in [6.07, 6.45) is 41.3. The van der Waals surface area contributed by atoms with Crippen LogP contribution in [0, 0.1) is 0 Å². The lowest BCUT2D eigenvalue weighted by Gasteiger charge is -2.48. The van der Waals surface area contributed by atoms with E-state index >= 15 is 0 Å². The third-order valence-electron chi connectivity index (χ3n) is 19.2. The molecule has 0 radical (unpaired) electrons. The second-order valence-electron chi connectivity index (χ2n) is 27.5. The Bertz CT molecular complexity index is 1840. The van der Waals surface area contributed by atoms with Crippen LogP contribution in [0.4, 0.5) is 0 Å². The van der Waals surface area contributed by atoms with Gasteiger partial charge < -0.3 is 89.9 Å². The first-order valence-electron chi connectivity index (χ1n) is 38.2. The normalized spacial score (nSPS) is 27.5. The standard InChI is InChI=1S/C75H139NO18/c1-3-5-7-9-11-13-15-17-19-21-23-24-25-26-27-28-29-30-31-32-33-34-35-37-39-41-43-45-47-49-51-53-63(81)76-58(59(80)52-50-48-46-44-42-40-38-36-22-20-18-16-14-12-10-8-6-4-2)57-89-73-69(87)66(84)71(61(55-78)91-73)94-75-70(88)67(85)72(62(56-79)92-75)93-74-68(86)65(83)64(82)60(54-77)90-74/h15,17,21,23,50,52,58-62,64-75,77-80,82-88H,3-14,16,18-20,22,24-49,51,53-57H2,1-2H3,(H,76,81)/b17-15-,23-21-,52-50+. The van der Waals surface area contributed by atoms with E-state index in [1.165, 1.54) is 225 Å². The van der Waals surface area contributed by atoms with Crippen LogP contribution < -0.4 is 5.32 Å². The summed E-state index contributed by atoms with van der Waals surface area (Å²) in [4.78, 5) is 13.4. The molecule has 3 heterocycles. The monoisotopic (exact) mass is 1340 g/mol. The SMILES string of the molecule is CCCCCCC/C=C\C/C=C\CCCCCCCCCCCCCCCCCCCCCC(=O)NC(COC1OC(CO)C(OC2OC(CO)C(OC3OC(CO)C(O)C(O)C3O)C(O)C2O)C(O)C1O)C(O)/C=C/CCCCCCCCCCCCCCCCCC. The molecule has 17 atom stereocenters. The number of nitrogens with one attached hydrogen (secondary N) is 1. The molecule has 0 aromatic heterocycles. The van der Waals surface area contributed by atoms with Gasteiger partial charge in [-0.05, 0) is 51.4 Å². The average Bonchev–Trinajstić information content (AvgIpc) is 0.787. The van der Waals surface area contributed by atoms with Gasteiger partial charge in [-0.15, -0.1) is 0 Å². The Labute approximate surface area is 568 Å². The zero-order valence-electron chi connectivity index (χ0n) is 58.7. The fourth-order valence-electron chi connectivity index (χ4n) is 13.0. The maximum Gasteiger partial charge on any atom is 0.220 e. The van der Waals surface area contributed by atoms with Crippen LogP contribution in [0.15, 0.2) is 36.5 Å². The molecule has 19 nitrogen and oxygen atoms in total. The van der Waals surface area contributed by atoms with E-state index in [0.717, 1.165) is 51.4 Å². The van der Waals surface area contributed by atoms with Crippen molar-refractivity contribution in [3.05, 3.63) is 36.5 Å². The lowest BCUT2D eigenvalue weighted by molar-refractivity contribution is -0.379. The smallest absolute Gasteiger partial charge is 0.220 e. The maximum absolute atomic E-state index is 13.4. The van der Waals surface area contributed by atoms with Crippen molar-refractivity contribution in [1.29, 1.82) is 0 Å². The highest BCUT2D eigenvalue weighted by Crippen LogP contribution is 2.33. The van der Waals surface area contributed by atoms with Crippen molar-refractivity contribution < 1.29 is 89.4 Å². The van der Waals surface area contributed by atoms with Gasteiger partial charge in [0, 0.05) is 6.42 Å². The number of ether oxygens (including phenoxy) is 6. The second-order valence-corrected chi connectivity index (χ2v) is 27.5. The third kappa shape index (κ3) is 37.4. The molecule has 0 aromatic carbocycles. The minimum absolute atomic E-state index is 0.247. The van der Waals surface area contributed by atoms with Crippen LogP contribution in [-0.2, 0) is 33.2 Å². The van der Waals surface area contributed by atoms with Crippen LogP contribution >= 0.6 is 0 Å². The molecule has 17 unspecified atom stereocenters. The van der Waals surface area contributed by atoms with E-state index in [2.05, 4.69) is 43.5 Å². The van der Waals surface area contributed by atoms with Gasteiger partial charge in [0.05, 0.1) is 38.6 Å². The summed E-state index contributed by atoms with van der Waals surface area (Å²) in [5, 5.41) is 121. The van der Waals surface area contributed by atoms with E-state index in [1.54, 1.807) is 6.08 Å². The second kappa shape index (κ2) is 56.7. The van der Waals surface area contributed by atoms with Gasteiger partial charge >= 0.3 is 0 Å². The van der Waals surface area contributed by atoms with E-state index in [4.69, 9.17) is 28.4 Å². The van der Waals surface area contributed by atoms with Crippen molar-refractivity contribution >= 4 is 5.91 Å². The van der Waals surface area contributed by atoms with E-state index in [9.17, 15) is 61.0 Å².